The molecular formula is C25H34N4O3S. The van der Waals surface area contributed by atoms with Crippen molar-refractivity contribution < 1.29 is 14.3 Å². The lowest BCUT2D eigenvalue weighted by atomic mass is 9.70. The summed E-state index contributed by atoms with van der Waals surface area (Å²) in [6.07, 6.45) is 9.67. The lowest BCUT2D eigenvalue weighted by molar-refractivity contribution is -0.170. The fourth-order valence-corrected chi connectivity index (χ4v) is 6.18. The van der Waals surface area contributed by atoms with Crippen LogP contribution < -0.4 is 10.6 Å². The van der Waals surface area contributed by atoms with E-state index in [4.69, 9.17) is 4.74 Å². The van der Waals surface area contributed by atoms with Crippen LogP contribution in [0.25, 0.3) is 0 Å². The van der Waals surface area contributed by atoms with Gasteiger partial charge in [0.2, 0.25) is 5.91 Å². The zero-order valence-corrected chi connectivity index (χ0v) is 20.1. The molecule has 4 rings (SSSR count). The minimum atomic E-state index is -0.468. The van der Waals surface area contributed by atoms with Crippen molar-refractivity contribution in [3.63, 3.8) is 0 Å². The first-order valence-electron chi connectivity index (χ1n) is 12.1. The van der Waals surface area contributed by atoms with Crippen LogP contribution in [0.5, 0.6) is 0 Å². The topological polar surface area (TPSA) is 93.2 Å². The zero-order valence-electron chi connectivity index (χ0n) is 19.3. The van der Waals surface area contributed by atoms with Gasteiger partial charge in [0.15, 0.2) is 5.82 Å². The van der Waals surface area contributed by atoms with E-state index < -0.39 is 5.41 Å². The Labute approximate surface area is 199 Å². The molecular weight excluding hydrogens is 436 g/mol. The average molecular weight is 471 g/mol. The molecule has 2 N–H and O–H groups in total. The maximum atomic E-state index is 13.5. The number of anilines is 1. The van der Waals surface area contributed by atoms with Crippen LogP contribution >= 0.6 is 11.3 Å². The number of nitrogens with zero attached hydrogens (tertiary/aromatic N) is 2. The van der Waals surface area contributed by atoms with E-state index in [2.05, 4.69) is 39.2 Å². The van der Waals surface area contributed by atoms with Crippen LogP contribution in [0.4, 0.5) is 5.82 Å². The number of rotatable bonds is 9. The largest absolute Gasteiger partial charge is 0.461 e. The lowest BCUT2D eigenvalue weighted by Gasteiger charge is -2.44. The second kappa shape index (κ2) is 11.2. The predicted molar refractivity (Wildman–Crippen MR) is 129 cm³/mol. The van der Waals surface area contributed by atoms with E-state index in [1.165, 1.54) is 12.8 Å². The summed E-state index contributed by atoms with van der Waals surface area (Å²) in [6, 6.07) is 7.58. The second-order valence-electron chi connectivity index (χ2n) is 9.42. The van der Waals surface area contributed by atoms with Gasteiger partial charge in [-0.25, -0.2) is 0 Å². The molecule has 0 bridgehead atoms. The van der Waals surface area contributed by atoms with Crippen LogP contribution in [0, 0.1) is 11.8 Å². The van der Waals surface area contributed by atoms with Crippen LogP contribution in [0.3, 0.4) is 0 Å². The van der Waals surface area contributed by atoms with Crippen LogP contribution in [-0.2, 0) is 19.7 Å². The Hall–Kier alpha value is -2.32. The van der Waals surface area contributed by atoms with Gasteiger partial charge in [-0.05, 0) is 67.6 Å². The third kappa shape index (κ3) is 5.79. The summed E-state index contributed by atoms with van der Waals surface area (Å²) in [5.41, 5.74) is -0.468. The van der Waals surface area contributed by atoms with Crippen molar-refractivity contribution in [3.05, 3.63) is 40.7 Å². The van der Waals surface area contributed by atoms with Crippen molar-refractivity contribution in [1.82, 2.24) is 15.5 Å². The molecule has 7 nitrogen and oxygen atoms in total. The monoisotopic (exact) mass is 470 g/mol. The van der Waals surface area contributed by atoms with E-state index in [0.717, 1.165) is 43.4 Å². The first-order chi connectivity index (χ1) is 16.1. The molecule has 178 valence electrons. The van der Waals surface area contributed by atoms with Crippen molar-refractivity contribution in [1.29, 1.82) is 0 Å². The number of ether oxygens (including phenoxy) is 1. The van der Waals surface area contributed by atoms with Gasteiger partial charge in [-0.15, -0.1) is 16.4 Å². The molecule has 2 aliphatic carbocycles. The van der Waals surface area contributed by atoms with Gasteiger partial charge in [0.25, 0.3) is 0 Å². The van der Waals surface area contributed by atoms with Crippen LogP contribution in [-0.4, -0.2) is 41.3 Å². The molecule has 2 unspecified atom stereocenters. The van der Waals surface area contributed by atoms with Crippen molar-refractivity contribution in [3.8, 4) is 0 Å². The van der Waals surface area contributed by atoms with E-state index in [9.17, 15) is 9.59 Å². The lowest BCUT2D eigenvalue weighted by Crippen LogP contribution is -2.48. The molecule has 0 spiro atoms. The van der Waals surface area contributed by atoms with Gasteiger partial charge in [-0.3, -0.25) is 9.59 Å². The van der Waals surface area contributed by atoms with E-state index in [1.54, 1.807) is 29.7 Å². The van der Waals surface area contributed by atoms with E-state index >= 15 is 0 Å². The number of amides is 1. The van der Waals surface area contributed by atoms with Gasteiger partial charge in [0.1, 0.15) is 11.5 Å². The van der Waals surface area contributed by atoms with Gasteiger partial charge in [0.05, 0.1) is 6.54 Å². The minimum absolute atomic E-state index is 0.0231. The smallest absolute Gasteiger partial charge is 0.317 e. The van der Waals surface area contributed by atoms with Gasteiger partial charge >= 0.3 is 5.97 Å². The Kier molecular flexibility index (Phi) is 8.09. The summed E-state index contributed by atoms with van der Waals surface area (Å²) in [4.78, 5) is 26.7. The van der Waals surface area contributed by atoms with E-state index in [-0.39, 0.29) is 24.5 Å². The van der Waals surface area contributed by atoms with Crippen molar-refractivity contribution in [2.75, 3.05) is 18.4 Å². The highest BCUT2D eigenvalue weighted by Gasteiger charge is 2.47. The molecule has 1 amide bonds. The SMILES string of the molecule is CC1C[C@H](OC(=O)C2(c3cccs3)CCCCCC2)C1CCNCC(=O)Nc1cccnn1. The van der Waals surface area contributed by atoms with Crippen molar-refractivity contribution in [2.24, 2.45) is 11.8 Å². The standard InChI is InChI=1S/C25H34N4O3S/c1-18-16-20(19(18)10-14-26-17-23(30)28-22-9-6-13-27-29-22)32-24(31)25(21-8-7-15-33-21)11-4-2-3-5-12-25/h6-9,13,15,18-20,26H,2-5,10-12,14,16-17H2,1H3,(H,28,29,30)/t18?,19?,20-/m0/s1. The molecule has 8 heteroatoms. The number of nitrogens with one attached hydrogen (secondary N) is 2. The van der Waals surface area contributed by atoms with Gasteiger partial charge in [-0.1, -0.05) is 38.7 Å². The molecule has 3 atom stereocenters. The highest BCUT2D eigenvalue weighted by Crippen LogP contribution is 2.45. The Morgan fingerprint density at radius 3 is 2.67 bits per heavy atom. The summed E-state index contributed by atoms with van der Waals surface area (Å²) in [6.45, 7) is 3.13. The quantitative estimate of drug-likeness (QED) is 0.322. The third-order valence-electron chi connectivity index (χ3n) is 7.19. The zero-order chi connectivity index (χ0) is 23.1. The molecule has 2 saturated carbocycles. The number of hydrogen-bond donors (Lipinski definition) is 2. The van der Waals surface area contributed by atoms with E-state index in [0.29, 0.717) is 24.2 Å². The fourth-order valence-electron chi connectivity index (χ4n) is 5.20. The second-order valence-corrected chi connectivity index (χ2v) is 10.4. The normalized spacial score (nSPS) is 24.3. The molecule has 2 aromatic rings. The minimum Gasteiger partial charge on any atom is -0.461 e. The number of aromatic nitrogens is 2. The molecule has 33 heavy (non-hydrogen) atoms. The molecule has 0 radical (unpaired) electrons. The van der Waals surface area contributed by atoms with E-state index in [1.807, 2.05) is 6.07 Å². The van der Waals surface area contributed by atoms with Crippen molar-refractivity contribution in [2.45, 2.75) is 69.8 Å². The molecule has 2 heterocycles. The summed E-state index contributed by atoms with van der Waals surface area (Å²) < 4.78 is 6.19. The Bertz CT molecular complexity index is 898. The molecule has 0 aromatic carbocycles. The Morgan fingerprint density at radius 2 is 2.00 bits per heavy atom. The fraction of sp³-hybridized carbons (Fsp3) is 0.600. The number of carbonyl (C=O) groups is 2. The molecule has 0 saturated heterocycles. The molecule has 2 aliphatic rings. The summed E-state index contributed by atoms with van der Waals surface area (Å²) in [7, 11) is 0. The molecule has 2 fully saturated rings. The summed E-state index contributed by atoms with van der Waals surface area (Å²) >= 11 is 1.68. The van der Waals surface area contributed by atoms with Gasteiger partial charge in [0, 0.05) is 11.1 Å². The first-order valence-corrected chi connectivity index (χ1v) is 13.0. The van der Waals surface area contributed by atoms with Crippen molar-refractivity contribution >= 4 is 29.0 Å². The summed E-state index contributed by atoms with van der Waals surface area (Å²) in [5, 5.41) is 15.6. The van der Waals surface area contributed by atoms with Gasteiger partial charge in [-0.2, -0.15) is 5.10 Å². The molecule has 0 aliphatic heterocycles. The number of thiophene rings is 1. The average Bonchev–Trinajstić information content (AvgIpc) is 3.24. The van der Waals surface area contributed by atoms with Gasteiger partial charge < -0.3 is 15.4 Å². The first kappa shape index (κ1) is 23.8. The highest BCUT2D eigenvalue weighted by atomic mass is 32.1. The maximum Gasteiger partial charge on any atom is 0.317 e. The number of carbonyl (C=O) groups excluding carboxylic acids is 2. The molecule has 2 aromatic heterocycles. The Morgan fingerprint density at radius 1 is 1.18 bits per heavy atom. The third-order valence-corrected chi connectivity index (χ3v) is 8.27. The highest BCUT2D eigenvalue weighted by molar-refractivity contribution is 7.10. The predicted octanol–water partition coefficient (Wildman–Crippen LogP) is 4.32. The van der Waals surface area contributed by atoms with Crippen LogP contribution in [0.1, 0.15) is 63.2 Å². The van der Waals surface area contributed by atoms with Crippen LogP contribution in [0.15, 0.2) is 35.8 Å². The van der Waals surface area contributed by atoms with Crippen LogP contribution in [0.2, 0.25) is 0 Å². The Balaban J connectivity index is 1.27. The number of hydrogen-bond acceptors (Lipinski definition) is 7. The summed E-state index contributed by atoms with van der Waals surface area (Å²) in [5.74, 6) is 1.12. The number of esters is 1. The maximum absolute atomic E-state index is 13.5.